The Balaban J connectivity index is 1.63. The summed E-state index contributed by atoms with van der Waals surface area (Å²) in [6.07, 6.45) is 4.00. The standard InChI is InChI=1S/C31H40N2O3/c1-5-32-16-15-22-7-9-23(10-8-22)21-33(6-2)29-20-31(36-4)30(35-3)19-28(29)26-12-11-25-18-27(34)14-13-24(25)17-26/h7-10,13-14,18-20,26,32,34H,5-6,11-12,15-17,21H2,1-4H3. The second-order valence-electron chi connectivity index (χ2n) is 9.59. The molecule has 0 amide bonds. The van der Waals surface area contributed by atoms with Gasteiger partial charge in [-0.05, 0) is 97.6 Å². The quantitative estimate of drug-likeness (QED) is 0.331. The van der Waals surface area contributed by atoms with Gasteiger partial charge in [-0.25, -0.2) is 0 Å². The lowest BCUT2D eigenvalue weighted by Crippen LogP contribution is -2.25. The largest absolute Gasteiger partial charge is 0.508 e. The van der Waals surface area contributed by atoms with Crippen LogP contribution in [0.25, 0.3) is 0 Å². The van der Waals surface area contributed by atoms with Crippen molar-refractivity contribution in [2.24, 2.45) is 0 Å². The highest BCUT2D eigenvalue weighted by atomic mass is 16.5. The summed E-state index contributed by atoms with van der Waals surface area (Å²) >= 11 is 0. The van der Waals surface area contributed by atoms with Crippen LogP contribution in [0.2, 0.25) is 0 Å². The van der Waals surface area contributed by atoms with E-state index < -0.39 is 0 Å². The topological polar surface area (TPSA) is 54.0 Å². The summed E-state index contributed by atoms with van der Waals surface area (Å²) in [5.41, 5.74) is 7.75. The molecule has 1 atom stereocenters. The number of nitrogens with one attached hydrogen (secondary N) is 1. The van der Waals surface area contributed by atoms with E-state index in [1.165, 1.54) is 33.5 Å². The van der Waals surface area contributed by atoms with Crippen molar-refractivity contribution in [3.8, 4) is 17.2 Å². The highest BCUT2D eigenvalue weighted by molar-refractivity contribution is 5.64. The van der Waals surface area contributed by atoms with E-state index in [1.54, 1.807) is 20.3 Å². The molecule has 4 rings (SSSR count). The van der Waals surface area contributed by atoms with Crippen LogP contribution < -0.4 is 19.7 Å². The molecule has 3 aromatic carbocycles. The highest BCUT2D eigenvalue weighted by Crippen LogP contribution is 2.43. The predicted molar refractivity (Wildman–Crippen MR) is 148 cm³/mol. The first-order valence-electron chi connectivity index (χ1n) is 13.2. The Morgan fingerprint density at radius 1 is 0.917 bits per heavy atom. The SMILES string of the molecule is CCNCCc1ccc(CN(CC)c2cc(OC)c(OC)cc2C2CCc3cc(O)ccc3C2)cc1. The van der Waals surface area contributed by atoms with Gasteiger partial charge in [-0.1, -0.05) is 37.3 Å². The third kappa shape index (κ3) is 5.96. The fourth-order valence-electron chi connectivity index (χ4n) is 5.30. The number of aryl methyl sites for hydroxylation is 1. The number of phenolic OH excluding ortho intramolecular Hbond substituents is 1. The van der Waals surface area contributed by atoms with Gasteiger partial charge >= 0.3 is 0 Å². The molecule has 5 heteroatoms. The number of phenols is 1. The van der Waals surface area contributed by atoms with Crippen LogP contribution in [0, 0.1) is 0 Å². The summed E-state index contributed by atoms with van der Waals surface area (Å²) in [6, 6.07) is 19.1. The van der Waals surface area contributed by atoms with Crippen molar-refractivity contribution in [1.82, 2.24) is 5.32 Å². The molecule has 0 saturated heterocycles. The van der Waals surface area contributed by atoms with Crippen LogP contribution in [0.1, 0.15) is 54.0 Å². The Hall–Kier alpha value is -3.18. The highest BCUT2D eigenvalue weighted by Gasteiger charge is 2.26. The number of benzene rings is 3. The molecular formula is C31H40N2O3. The molecule has 0 saturated carbocycles. The van der Waals surface area contributed by atoms with Crippen molar-refractivity contribution in [2.75, 3.05) is 38.8 Å². The summed E-state index contributed by atoms with van der Waals surface area (Å²) in [5, 5.41) is 13.3. The second-order valence-corrected chi connectivity index (χ2v) is 9.59. The third-order valence-electron chi connectivity index (χ3n) is 7.35. The van der Waals surface area contributed by atoms with Gasteiger partial charge in [0.2, 0.25) is 0 Å². The number of hydrogen-bond acceptors (Lipinski definition) is 5. The maximum Gasteiger partial charge on any atom is 0.162 e. The molecule has 5 nitrogen and oxygen atoms in total. The summed E-state index contributed by atoms with van der Waals surface area (Å²) in [5.74, 6) is 2.26. The van der Waals surface area contributed by atoms with Crippen molar-refractivity contribution in [2.45, 2.75) is 52.0 Å². The van der Waals surface area contributed by atoms with Crippen LogP contribution in [0.3, 0.4) is 0 Å². The number of hydrogen-bond donors (Lipinski definition) is 2. The molecule has 0 radical (unpaired) electrons. The monoisotopic (exact) mass is 488 g/mol. The molecule has 3 aromatic rings. The van der Waals surface area contributed by atoms with Gasteiger partial charge in [0.05, 0.1) is 14.2 Å². The molecule has 0 aromatic heterocycles. The minimum atomic E-state index is 0.351. The van der Waals surface area contributed by atoms with Crippen molar-refractivity contribution < 1.29 is 14.6 Å². The molecule has 0 aliphatic heterocycles. The first-order chi connectivity index (χ1) is 17.6. The van der Waals surface area contributed by atoms with Crippen LogP contribution in [-0.4, -0.2) is 39.0 Å². The minimum Gasteiger partial charge on any atom is -0.508 e. The molecule has 0 bridgehead atoms. The zero-order chi connectivity index (χ0) is 25.5. The van der Waals surface area contributed by atoms with Gasteiger partial charge in [0.15, 0.2) is 11.5 Å². The van der Waals surface area contributed by atoms with E-state index in [-0.39, 0.29) is 0 Å². The summed E-state index contributed by atoms with van der Waals surface area (Å²) in [6.45, 7) is 8.10. The van der Waals surface area contributed by atoms with E-state index in [1.807, 2.05) is 6.07 Å². The number of methoxy groups -OCH3 is 2. The van der Waals surface area contributed by atoms with Crippen LogP contribution in [0.15, 0.2) is 54.6 Å². The van der Waals surface area contributed by atoms with Crippen molar-refractivity contribution in [1.29, 1.82) is 0 Å². The molecule has 2 N–H and O–H groups in total. The molecule has 192 valence electrons. The zero-order valence-electron chi connectivity index (χ0n) is 22.1. The predicted octanol–water partition coefficient (Wildman–Crippen LogP) is 5.86. The first-order valence-corrected chi connectivity index (χ1v) is 13.2. The van der Waals surface area contributed by atoms with E-state index in [0.29, 0.717) is 11.7 Å². The molecular weight excluding hydrogens is 448 g/mol. The number of rotatable bonds is 11. The van der Waals surface area contributed by atoms with Crippen molar-refractivity contribution in [3.05, 3.63) is 82.4 Å². The first kappa shape index (κ1) is 25.9. The van der Waals surface area contributed by atoms with Crippen LogP contribution in [-0.2, 0) is 25.8 Å². The lowest BCUT2D eigenvalue weighted by molar-refractivity contribution is 0.354. The maximum absolute atomic E-state index is 9.92. The van der Waals surface area contributed by atoms with Crippen LogP contribution in [0.5, 0.6) is 17.2 Å². The molecule has 36 heavy (non-hydrogen) atoms. The van der Waals surface area contributed by atoms with E-state index >= 15 is 0 Å². The van der Waals surface area contributed by atoms with Gasteiger partial charge in [0, 0.05) is 24.8 Å². The summed E-state index contributed by atoms with van der Waals surface area (Å²) in [7, 11) is 3.41. The van der Waals surface area contributed by atoms with E-state index in [9.17, 15) is 5.11 Å². The lowest BCUT2D eigenvalue weighted by Gasteiger charge is -2.32. The van der Waals surface area contributed by atoms with Crippen LogP contribution >= 0.6 is 0 Å². The van der Waals surface area contributed by atoms with E-state index in [2.05, 4.69) is 66.5 Å². The number of aromatic hydroxyl groups is 1. The Kier molecular flexibility index (Phi) is 8.76. The lowest BCUT2D eigenvalue weighted by atomic mass is 9.79. The zero-order valence-corrected chi connectivity index (χ0v) is 22.1. The second kappa shape index (κ2) is 12.2. The number of fused-ring (bicyclic) bond motifs is 1. The third-order valence-corrected chi connectivity index (χ3v) is 7.35. The normalized spacial score (nSPS) is 14.8. The van der Waals surface area contributed by atoms with E-state index in [4.69, 9.17) is 9.47 Å². The molecule has 1 aliphatic rings. The smallest absolute Gasteiger partial charge is 0.162 e. The van der Waals surface area contributed by atoms with Gasteiger partial charge < -0.3 is 24.8 Å². The average molecular weight is 489 g/mol. The Labute approximate surface area is 216 Å². The summed E-state index contributed by atoms with van der Waals surface area (Å²) < 4.78 is 11.4. The van der Waals surface area contributed by atoms with Crippen LogP contribution in [0.4, 0.5) is 5.69 Å². The van der Waals surface area contributed by atoms with E-state index in [0.717, 1.165) is 63.4 Å². The van der Waals surface area contributed by atoms with Crippen molar-refractivity contribution >= 4 is 5.69 Å². The summed E-state index contributed by atoms with van der Waals surface area (Å²) in [4.78, 5) is 2.44. The van der Waals surface area contributed by atoms with Crippen molar-refractivity contribution in [3.63, 3.8) is 0 Å². The molecule has 1 aliphatic carbocycles. The number of nitrogens with zero attached hydrogens (tertiary/aromatic N) is 1. The molecule has 1 unspecified atom stereocenters. The number of ether oxygens (including phenoxy) is 2. The number of anilines is 1. The average Bonchev–Trinajstić information content (AvgIpc) is 2.91. The maximum atomic E-state index is 9.92. The minimum absolute atomic E-state index is 0.351. The fourth-order valence-corrected chi connectivity index (χ4v) is 5.30. The van der Waals surface area contributed by atoms with Gasteiger partial charge in [0.25, 0.3) is 0 Å². The fraction of sp³-hybridized carbons (Fsp3) is 0.419. The Bertz CT molecular complexity index is 1140. The number of likely N-dealkylation sites (N-methyl/N-ethyl adjacent to an activating group) is 1. The van der Waals surface area contributed by atoms with Gasteiger partial charge in [-0.2, -0.15) is 0 Å². The van der Waals surface area contributed by atoms with Gasteiger partial charge in [0.1, 0.15) is 5.75 Å². The molecule has 0 heterocycles. The Morgan fingerprint density at radius 3 is 2.33 bits per heavy atom. The Morgan fingerprint density at radius 2 is 1.64 bits per heavy atom. The molecule has 0 spiro atoms. The van der Waals surface area contributed by atoms with Gasteiger partial charge in [-0.15, -0.1) is 0 Å². The molecule has 0 fully saturated rings. The van der Waals surface area contributed by atoms with Gasteiger partial charge in [-0.3, -0.25) is 0 Å².